The van der Waals surface area contributed by atoms with Crippen LogP contribution in [-0.2, 0) is 16.9 Å². The van der Waals surface area contributed by atoms with Crippen molar-refractivity contribution < 1.29 is 14.6 Å². The van der Waals surface area contributed by atoms with Crippen LogP contribution in [0.4, 0.5) is 0 Å². The van der Waals surface area contributed by atoms with E-state index in [0.29, 0.717) is 18.0 Å². The molecule has 1 unspecified atom stereocenters. The Morgan fingerprint density at radius 3 is 2.93 bits per heavy atom. The standard InChI is InChI=1S/C9H11N3O3/c1-3-9(2)6-5(4-15-9)11-12-7(10-6)8(13)14/h3-4H2,1-2H3,(H,13,14). The minimum atomic E-state index is -1.17. The molecule has 0 amide bonds. The Morgan fingerprint density at radius 2 is 2.33 bits per heavy atom. The zero-order valence-corrected chi connectivity index (χ0v) is 8.52. The Morgan fingerprint density at radius 1 is 1.60 bits per heavy atom. The van der Waals surface area contributed by atoms with Gasteiger partial charge in [-0.25, -0.2) is 9.78 Å². The highest BCUT2D eigenvalue weighted by Crippen LogP contribution is 2.35. The van der Waals surface area contributed by atoms with Crippen LogP contribution in [0, 0.1) is 0 Å². The van der Waals surface area contributed by atoms with E-state index in [4.69, 9.17) is 9.84 Å². The Bertz CT molecular complexity index is 421. The number of carbonyl (C=O) groups is 1. The number of ether oxygens (including phenoxy) is 1. The van der Waals surface area contributed by atoms with Crippen LogP contribution in [0.5, 0.6) is 0 Å². The Kier molecular flexibility index (Phi) is 2.15. The summed E-state index contributed by atoms with van der Waals surface area (Å²) in [5, 5.41) is 16.1. The number of aromatic carboxylic acids is 1. The van der Waals surface area contributed by atoms with Gasteiger partial charge in [-0.2, -0.15) is 0 Å². The predicted octanol–water partition coefficient (Wildman–Crippen LogP) is 0.725. The molecule has 15 heavy (non-hydrogen) atoms. The third kappa shape index (κ3) is 1.46. The second kappa shape index (κ2) is 3.23. The molecule has 1 aliphatic rings. The summed E-state index contributed by atoms with van der Waals surface area (Å²) in [4.78, 5) is 14.7. The summed E-state index contributed by atoms with van der Waals surface area (Å²) in [6.45, 7) is 4.18. The molecule has 0 saturated carbocycles. The molecule has 6 heteroatoms. The number of hydrogen-bond acceptors (Lipinski definition) is 5. The van der Waals surface area contributed by atoms with Gasteiger partial charge < -0.3 is 9.84 Å². The van der Waals surface area contributed by atoms with Gasteiger partial charge in [0.05, 0.1) is 6.61 Å². The third-order valence-electron chi connectivity index (χ3n) is 2.65. The lowest BCUT2D eigenvalue weighted by Crippen LogP contribution is -2.22. The number of hydrogen-bond donors (Lipinski definition) is 1. The minimum Gasteiger partial charge on any atom is -0.475 e. The molecule has 0 spiro atoms. The van der Waals surface area contributed by atoms with Crippen molar-refractivity contribution in [2.24, 2.45) is 0 Å². The van der Waals surface area contributed by atoms with Gasteiger partial charge in [0.25, 0.3) is 5.82 Å². The van der Waals surface area contributed by atoms with Crippen LogP contribution in [-0.4, -0.2) is 26.3 Å². The lowest BCUT2D eigenvalue weighted by Gasteiger charge is -2.20. The van der Waals surface area contributed by atoms with Crippen LogP contribution >= 0.6 is 0 Å². The summed E-state index contributed by atoms with van der Waals surface area (Å²) < 4.78 is 5.54. The molecule has 1 atom stereocenters. The topological polar surface area (TPSA) is 85.2 Å². The van der Waals surface area contributed by atoms with Crippen molar-refractivity contribution in [2.75, 3.05) is 0 Å². The molecule has 0 saturated heterocycles. The van der Waals surface area contributed by atoms with Gasteiger partial charge in [0.1, 0.15) is 17.0 Å². The highest BCUT2D eigenvalue weighted by Gasteiger charge is 2.37. The van der Waals surface area contributed by atoms with Crippen molar-refractivity contribution in [3.63, 3.8) is 0 Å². The van der Waals surface area contributed by atoms with E-state index in [1.54, 1.807) is 0 Å². The van der Waals surface area contributed by atoms with Gasteiger partial charge in [-0.05, 0) is 13.3 Å². The molecule has 1 aromatic rings. The van der Waals surface area contributed by atoms with E-state index < -0.39 is 11.6 Å². The number of carboxylic acids is 1. The van der Waals surface area contributed by atoms with Gasteiger partial charge in [0.2, 0.25) is 0 Å². The van der Waals surface area contributed by atoms with Gasteiger partial charge >= 0.3 is 5.97 Å². The van der Waals surface area contributed by atoms with E-state index in [2.05, 4.69) is 15.2 Å². The average molecular weight is 209 g/mol. The van der Waals surface area contributed by atoms with Crippen LogP contribution in [0.15, 0.2) is 0 Å². The smallest absolute Gasteiger partial charge is 0.375 e. The first-order valence-electron chi connectivity index (χ1n) is 4.68. The van der Waals surface area contributed by atoms with Crippen molar-refractivity contribution in [1.29, 1.82) is 0 Å². The van der Waals surface area contributed by atoms with Crippen molar-refractivity contribution in [2.45, 2.75) is 32.5 Å². The Balaban J connectivity index is 2.51. The first kappa shape index (κ1) is 9.97. The normalized spacial score (nSPS) is 23.9. The van der Waals surface area contributed by atoms with E-state index in [1.165, 1.54) is 0 Å². The summed E-state index contributed by atoms with van der Waals surface area (Å²) in [6.07, 6.45) is 0.720. The first-order chi connectivity index (χ1) is 7.07. The maximum absolute atomic E-state index is 10.7. The van der Waals surface area contributed by atoms with E-state index in [-0.39, 0.29) is 5.82 Å². The summed E-state index contributed by atoms with van der Waals surface area (Å²) in [5.41, 5.74) is 0.692. The number of rotatable bonds is 2. The second-order valence-electron chi connectivity index (χ2n) is 3.61. The molecule has 0 radical (unpaired) electrons. The van der Waals surface area contributed by atoms with Gasteiger partial charge in [-0.1, -0.05) is 6.92 Å². The van der Waals surface area contributed by atoms with Crippen molar-refractivity contribution in [3.05, 3.63) is 17.2 Å². The lowest BCUT2D eigenvalue weighted by molar-refractivity contribution is -0.0286. The minimum absolute atomic E-state index is 0.279. The van der Waals surface area contributed by atoms with E-state index in [9.17, 15) is 4.79 Å². The summed E-state index contributed by atoms with van der Waals surface area (Å²) in [5.74, 6) is -1.45. The van der Waals surface area contributed by atoms with Gasteiger partial charge in [0, 0.05) is 0 Å². The maximum atomic E-state index is 10.7. The molecule has 2 heterocycles. The highest BCUT2D eigenvalue weighted by atomic mass is 16.5. The van der Waals surface area contributed by atoms with Crippen LogP contribution in [0.1, 0.15) is 42.3 Å². The highest BCUT2D eigenvalue weighted by molar-refractivity contribution is 5.82. The number of fused-ring (bicyclic) bond motifs is 1. The quantitative estimate of drug-likeness (QED) is 0.772. The number of aromatic nitrogens is 3. The fraction of sp³-hybridized carbons (Fsp3) is 0.556. The molecule has 6 nitrogen and oxygen atoms in total. The lowest BCUT2D eigenvalue weighted by atomic mass is 9.99. The van der Waals surface area contributed by atoms with Crippen molar-refractivity contribution in [1.82, 2.24) is 15.2 Å². The predicted molar refractivity (Wildman–Crippen MR) is 49.2 cm³/mol. The zero-order valence-electron chi connectivity index (χ0n) is 8.52. The molecule has 0 bridgehead atoms. The maximum Gasteiger partial charge on any atom is 0.375 e. The van der Waals surface area contributed by atoms with Crippen molar-refractivity contribution >= 4 is 5.97 Å². The van der Waals surface area contributed by atoms with Crippen molar-refractivity contribution in [3.8, 4) is 0 Å². The molecule has 0 aliphatic carbocycles. The molecule has 0 aromatic carbocycles. The fourth-order valence-electron chi connectivity index (χ4n) is 1.52. The fourth-order valence-corrected chi connectivity index (χ4v) is 1.52. The zero-order chi connectivity index (χ0) is 11.1. The number of nitrogens with zero attached hydrogens (tertiary/aromatic N) is 3. The Hall–Kier alpha value is -1.56. The van der Waals surface area contributed by atoms with E-state index in [1.807, 2.05) is 13.8 Å². The summed E-state index contributed by atoms with van der Waals surface area (Å²) >= 11 is 0. The SMILES string of the molecule is CCC1(C)OCc2nnc(C(=O)O)nc21. The van der Waals surface area contributed by atoms with Gasteiger partial charge in [0.15, 0.2) is 0 Å². The van der Waals surface area contributed by atoms with Crippen LogP contribution in [0.2, 0.25) is 0 Å². The average Bonchev–Trinajstić information content (AvgIpc) is 2.57. The monoisotopic (exact) mass is 209 g/mol. The molecule has 1 aliphatic heterocycles. The van der Waals surface area contributed by atoms with Crippen LogP contribution in [0.25, 0.3) is 0 Å². The first-order valence-corrected chi connectivity index (χ1v) is 4.68. The van der Waals surface area contributed by atoms with Crippen LogP contribution < -0.4 is 0 Å². The molecule has 0 fully saturated rings. The second-order valence-corrected chi connectivity index (χ2v) is 3.61. The largest absolute Gasteiger partial charge is 0.475 e. The van der Waals surface area contributed by atoms with E-state index >= 15 is 0 Å². The molecular formula is C9H11N3O3. The van der Waals surface area contributed by atoms with Crippen LogP contribution in [0.3, 0.4) is 0 Å². The van der Waals surface area contributed by atoms with E-state index in [0.717, 1.165) is 6.42 Å². The Labute approximate surface area is 86.3 Å². The molecule has 1 N–H and O–H groups in total. The number of carboxylic acid groups (broad SMARTS) is 1. The summed E-state index contributed by atoms with van der Waals surface area (Å²) in [6, 6.07) is 0. The molecular weight excluding hydrogens is 198 g/mol. The third-order valence-corrected chi connectivity index (χ3v) is 2.65. The van der Waals surface area contributed by atoms with Gasteiger partial charge in [-0.15, -0.1) is 10.2 Å². The molecule has 80 valence electrons. The molecule has 1 aromatic heterocycles. The summed E-state index contributed by atoms with van der Waals surface area (Å²) in [7, 11) is 0. The van der Waals surface area contributed by atoms with Gasteiger partial charge in [-0.3, -0.25) is 0 Å². The molecule has 2 rings (SSSR count).